The second-order valence-corrected chi connectivity index (χ2v) is 6.09. The van der Waals surface area contributed by atoms with Crippen LogP contribution in [0.2, 0.25) is 0 Å². The molecule has 0 fully saturated rings. The molecule has 0 aliphatic carbocycles. The third kappa shape index (κ3) is 7.69. The van der Waals surface area contributed by atoms with E-state index in [1.807, 2.05) is 0 Å². The van der Waals surface area contributed by atoms with Crippen LogP contribution in [0.3, 0.4) is 0 Å². The Morgan fingerprint density at radius 1 is 1.21 bits per heavy atom. The van der Waals surface area contributed by atoms with Crippen molar-refractivity contribution in [3.8, 4) is 0 Å². The van der Waals surface area contributed by atoms with Crippen molar-refractivity contribution in [2.75, 3.05) is 11.9 Å². The number of aromatic nitrogens is 1. The van der Waals surface area contributed by atoms with E-state index >= 15 is 0 Å². The zero-order valence-electron chi connectivity index (χ0n) is 14.0. The van der Waals surface area contributed by atoms with Gasteiger partial charge in [-0.2, -0.15) is 0 Å². The molecule has 0 saturated heterocycles. The maximum Gasteiger partial charge on any atom is 0.320 e. The number of carboxylic acids is 1. The number of nitrogens with zero attached hydrogens (tertiary/aromatic N) is 1. The second kappa shape index (κ2) is 12.3. The number of anilines is 1. The quantitative estimate of drug-likeness (QED) is 0.572. The minimum Gasteiger partial charge on any atom is -0.480 e. The van der Waals surface area contributed by atoms with E-state index in [9.17, 15) is 4.79 Å². The van der Waals surface area contributed by atoms with Gasteiger partial charge in [0, 0.05) is 12.2 Å². The molecule has 1 atom stereocenters. The highest BCUT2D eigenvalue weighted by Crippen LogP contribution is 2.20. The van der Waals surface area contributed by atoms with Crippen molar-refractivity contribution in [1.82, 2.24) is 4.98 Å². The highest BCUT2D eigenvalue weighted by molar-refractivity contribution is 5.85. The van der Waals surface area contributed by atoms with E-state index in [1.165, 1.54) is 17.7 Å². The van der Waals surface area contributed by atoms with E-state index in [1.54, 1.807) is 0 Å². The number of unbranched alkanes of at least 4 members (excludes halogenated alkanes) is 4. The zero-order valence-corrected chi connectivity index (χ0v) is 15.6. The SMILES string of the molecule is Cl.Cl.N[C@@H](CCCCCCCc1ccc2c(n1)NCCC2)C(=O)O. The van der Waals surface area contributed by atoms with Gasteiger partial charge in [0.25, 0.3) is 0 Å². The Morgan fingerprint density at radius 2 is 1.92 bits per heavy atom. The van der Waals surface area contributed by atoms with Crippen LogP contribution in [0.4, 0.5) is 5.82 Å². The molecule has 1 aromatic heterocycles. The molecule has 4 N–H and O–H groups in total. The van der Waals surface area contributed by atoms with Crippen molar-refractivity contribution in [2.45, 2.75) is 63.8 Å². The van der Waals surface area contributed by atoms with Gasteiger partial charge < -0.3 is 16.2 Å². The lowest BCUT2D eigenvalue weighted by atomic mass is 10.0. The smallest absolute Gasteiger partial charge is 0.320 e. The number of aliphatic carboxylic acids is 1. The zero-order chi connectivity index (χ0) is 15.8. The van der Waals surface area contributed by atoms with E-state index in [0.29, 0.717) is 6.42 Å². The molecule has 0 radical (unpaired) electrons. The summed E-state index contributed by atoms with van der Waals surface area (Å²) in [4.78, 5) is 15.3. The molecule has 1 aliphatic rings. The lowest BCUT2D eigenvalue weighted by Gasteiger charge is -2.17. The average molecular weight is 378 g/mol. The lowest BCUT2D eigenvalue weighted by Crippen LogP contribution is -2.29. The summed E-state index contributed by atoms with van der Waals surface area (Å²) in [6.07, 6.45) is 9.31. The first kappa shape index (κ1) is 23.0. The maximum atomic E-state index is 10.6. The summed E-state index contributed by atoms with van der Waals surface area (Å²) >= 11 is 0. The van der Waals surface area contributed by atoms with Crippen molar-refractivity contribution >= 4 is 36.6 Å². The Balaban J connectivity index is 0.00000264. The second-order valence-electron chi connectivity index (χ2n) is 6.09. The van der Waals surface area contributed by atoms with Gasteiger partial charge in [0.15, 0.2) is 0 Å². The highest BCUT2D eigenvalue weighted by atomic mass is 35.5. The third-order valence-electron chi connectivity index (χ3n) is 4.22. The number of rotatable bonds is 9. The summed E-state index contributed by atoms with van der Waals surface area (Å²) in [6.45, 7) is 1.03. The molecule has 2 heterocycles. The molecule has 7 heteroatoms. The molecule has 1 aliphatic heterocycles. The normalized spacial score (nSPS) is 13.7. The summed E-state index contributed by atoms with van der Waals surface area (Å²) in [6, 6.07) is 3.65. The summed E-state index contributed by atoms with van der Waals surface area (Å²) < 4.78 is 0. The standard InChI is InChI=1S/C17H27N3O2.2ClH/c18-15(17(21)22)9-5-3-1-2-4-8-14-11-10-13-7-6-12-19-16(13)20-14;;/h10-11,15H,1-9,12,18H2,(H,19,20)(H,21,22);2*1H/t15-;;/m0../s1. The number of aryl methyl sites for hydroxylation is 2. The van der Waals surface area contributed by atoms with Crippen molar-refractivity contribution in [1.29, 1.82) is 0 Å². The largest absolute Gasteiger partial charge is 0.480 e. The number of nitrogens with one attached hydrogen (secondary N) is 1. The summed E-state index contributed by atoms with van der Waals surface area (Å²) in [7, 11) is 0. The fourth-order valence-corrected chi connectivity index (χ4v) is 2.83. The van der Waals surface area contributed by atoms with Crippen molar-refractivity contribution in [3.05, 3.63) is 23.4 Å². The van der Waals surface area contributed by atoms with Gasteiger partial charge in [0.05, 0.1) is 0 Å². The van der Waals surface area contributed by atoms with Crippen LogP contribution in [0.5, 0.6) is 0 Å². The Labute approximate surface area is 156 Å². The average Bonchev–Trinajstić information content (AvgIpc) is 2.53. The van der Waals surface area contributed by atoms with Gasteiger partial charge in [-0.3, -0.25) is 4.79 Å². The van der Waals surface area contributed by atoms with Crippen LogP contribution in [-0.2, 0) is 17.6 Å². The Kier molecular flexibility index (Phi) is 11.8. The molecule has 138 valence electrons. The van der Waals surface area contributed by atoms with Crippen molar-refractivity contribution in [3.63, 3.8) is 0 Å². The van der Waals surface area contributed by atoms with Crippen LogP contribution < -0.4 is 11.1 Å². The molecule has 5 nitrogen and oxygen atoms in total. The van der Waals surface area contributed by atoms with Crippen LogP contribution in [0.1, 0.15) is 56.2 Å². The van der Waals surface area contributed by atoms with E-state index in [0.717, 1.165) is 57.3 Å². The fourth-order valence-electron chi connectivity index (χ4n) is 2.83. The topological polar surface area (TPSA) is 88.2 Å². The highest BCUT2D eigenvalue weighted by Gasteiger charge is 2.11. The Bertz CT molecular complexity index is 501. The number of hydrogen-bond donors (Lipinski definition) is 3. The molecule has 0 spiro atoms. The van der Waals surface area contributed by atoms with Crippen LogP contribution in [0.15, 0.2) is 12.1 Å². The first-order chi connectivity index (χ1) is 10.7. The van der Waals surface area contributed by atoms with E-state index in [2.05, 4.69) is 17.4 Å². The van der Waals surface area contributed by atoms with Crippen molar-refractivity contribution in [2.24, 2.45) is 5.73 Å². The predicted octanol–water partition coefficient (Wildman–Crippen LogP) is 3.58. The molecule has 2 rings (SSSR count). The molecule has 24 heavy (non-hydrogen) atoms. The summed E-state index contributed by atoms with van der Waals surface area (Å²) in [5.41, 5.74) is 7.98. The minimum absolute atomic E-state index is 0. The van der Waals surface area contributed by atoms with Gasteiger partial charge >= 0.3 is 5.97 Å². The number of carbonyl (C=O) groups is 1. The minimum atomic E-state index is -0.896. The molecular formula is C17H29Cl2N3O2. The monoisotopic (exact) mass is 377 g/mol. The van der Waals surface area contributed by atoms with E-state index in [4.69, 9.17) is 15.8 Å². The lowest BCUT2D eigenvalue weighted by molar-refractivity contribution is -0.138. The fraction of sp³-hybridized carbons (Fsp3) is 0.647. The summed E-state index contributed by atoms with van der Waals surface area (Å²) in [5, 5.41) is 12.1. The number of hydrogen-bond acceptors (Lipinski definition) is 4. The Morgan fingerprint density at radius 3 is 2.67 bits per heavy atom. The van der Waals surface area contributed by atoms with Gasteiger partial charge in [-0.05, 0) is 43.7 Å². The number of pyridine rings is 1. The molecule has 0 bridgehead atoms. The molecule has 0 aromatic carbocycles. The van der Waals surface area contributed by atoms with Gasteiger partial charge in [-0.15, -0.1) is 24.8 Å². The van der Waals surface area contributed by atoms with Crippen molar-refractivity contribution < 1.29 is 9.90 Å². The first-order valence-corrected chi connectivity index (χ1v) is 8.38. The van der Waals surface area contributed by atoms with Gasteiger partial charge in [0.2, 0.25) is 0 Å². The first-order valence-electron chi connectivity index (χ1n) is 8.38. The van der Waals surface area contributed by atoms with Crippen LogP contribution in [0, 0.1) is 0 Å². The van der Waals surface area contributed by atoms with Gasteiger partial charge in [-0.25, -0.2) is 4.98 Å². The molecular weight excluding hydrogens is 349 g/mol. The number of fused-ring (bicyclic) bond motifs is 1. The van der Waals surface area contributed by atoms with E-state index in [-0.39, 0.29) is 24.8 Å². The number of carboxylic acid groups (broad SMARTS) is 1. The van der Waals surface area contributed by atoms with Crippen LogP contribution >= 0.6 is 24.8 Å². The molecule has 0 saturated carbocycles. The predicted molar refractivity (Wildman–Crippen MR) is 103 cm³/mol. The summed E-state index contributed by atoms with van der Waals surface area (Å²) in [5.74, 6) is 0.179. The molecule has 1 aromatic rings. The molecule has 0 amide bonds. The number of nitrogens with two attached hydrogens (primary N) is 1. The van der Waals surface area contributed by atoms with Crippen LogP contribution in [-0.4, -0.2) is 28.6 Å². The molecule has 0 unspecified atom stereocenters. The van der Waals surface area contributed by atoms with Gasteiger partial charge in [0.1, 0.15) is 11.9 Å². The van der Waals surface area contributed by atoms with Crippen LogP contribution in [0.25, 0.3) is 0 Å². The van der Waals surface area contributed by atoms with Gasteiger partial charge in [-0.1, -0.05) is 31.7 Å². The Hall–Kier alpha value is -1.04. The maximum absolute atomic E-state index is 10.6. The third-order valence-corrected chi connectivity index (χ3v) is 4.22. The number of halogens is 2. The van der Waals surface area contributed by atoms with E-state index < -0.39 is 12.0 Å².